The maximum atomic E-state index is 13.6. The van der Waals surface area contributed by atoms with Gasteiger partial charge < -0.3 is 4.74 Å². The molecule has 17 heavy (non-hydrogen) atoms. The second-order valence-corrected chi connectivity index (χ2v) is 3.27. The molecule has 0 radical (unpaired) electrons. The molecule has 0 aliphatic carbocycles. The standard InChI is InChI=1S/C11H9FN2O3/c1-17-10-6-9(15)13-11(16)14(10)8-5-3-2-4-7(8)12/h2-6H,1H3,(H,13,15,16). The number of benzene rings is 1. The Balaban J connectivity index is 2.80. The van der Waals surface area contributed by atoms with Crippen LogP contribution in [0.2, 0.25) is 0 Å². The van der Waals surface area contributed by atoms with E-state index in [9.17, 15) is 14.0 Å². The zero-order chi connectivity index (χ0) is 12.4. The summed E-state index contributed by atoms with van der Waals surface area (Å²) in [6, 6.07) is 6.79. The first-order valence-corrected chi connectivity index (χ1v) is 4.79. The summed E-state index contributed by atoms with van der Waals surface area (Å²) in [7, 11) is 1.30. The third-order valence-corrected chi connectivity index (χ3v) is 2.21. The van der Waals surface area contributed by atoms with Crippen molar-refractivity contribution < 1.29 is 9.13 Å². The molecule has 2 rings (SSSR count). The van der Waals surface area contributed by atoms with Crippen molar-refractivity contribution in [1.82, 2.24) is 9.55 Å². The van der Waals surface area contributed by atoms with Crippen LogP contribution in [0.25, 0.3) is 5.69 Å². The van der Waals surface area contributed by atoms with Gasteiger partial charge in [-0.15, -0.1) is 0 Å². The minimum Gasteiger partial charge on any atom is -0.482 e. The molecule has 0 spiro atoms. The number of H-pyrrole nitrogens is 1. The van der Waals surface area contributed by atoms with E-state index in [0.717, 1.165) is 10.6 Å². The molecule has 6 heteroatoms. The average molecular weight is 236 g/mol. The lowest BCUT2D eigenvalue weighted by molar-refractivity contribution is 0.380. The summed E-state index contributed by atoms with van der Waals surface area (Å²) in [6.07, 6.45) is 0. The Hall–Kier alpha value is -2.37. The fraction of sp³-hybridized carbons (Fsp3) is 0.0909. The van der Waals surface area contributed by atoms with Crippen LogP contribution < -0.4 is 16.0 Å². The molecule has 88 valence electrons. The number of nitrogens with zero attached hydrogens (tertiary/aromatic N) is 1. The average Bonchev–Trinajstić information content (AvgIpc) is 2.29. The minimum atomic E-state index is -0.751. The summed E-state index contributed by atoms with van der Waals surface area (Å²) in [5, 5.41) is 0. The van der Waals surface area contributed by atoms with Gasteiger partial charge in [0, 0.05) is 0 Å². The molecule has 1 heterocycles. The van der Waals surface area contributed by atoms with Crippen molar-refractivity contribution in [3.63, 3.8) is 0 Å². The zero-order valence-corrected chi connectivity index (χ0v) is 8.94. The lowest BCUT2D eigenvalue weighted by atomic mass is 10.3. The SMILES string of the molecule is COc1cc(=O)[nH]c(=O)n1-c1ccccc1F. The molecule has 0 amide bonds. The minimum absolute atomic E-state index is 0.0191. The van der Waals surface area contributed by atoms with Crippen molar-refractivity contribution in [3.05, 3.63) is 57.0 Å². The van der Waals surface area contributed by atoms with Crippen LogP contribution in [0.4, 0.5) is 4.39 Å². The van der Waals surface area contributed by atoms with Crippen molar-refractivity contribution in [1.29, 1.82) is 0 Å². The summed E-state index contributed by atoms with van der Waals surface area (Å²) < 4.78 is 19.4. The molecular weight excluding hydrogens is 227 g/mol. The first kappa shape index (κ1) is 11.1. The van der Waals surface area contributed by atoms with Gasteiger partial charge in [-0.25, -0.2) is 13.8 Å². The molecule has 0 atom stereocenters. The normalized spacial score (nSPS) is 10.2. The van der Waals surface area contributed by atoms with Crippen molar-refractivity contribution in [3.8, 4) is 11.6 Å². The quantitative estimate of drug-likeness (QED) is 0.833. The van der Waals surface area contributed by atoms with Gasteiger partial charge in [-0.3, -0.25) is 9.78 Å². The van der Waals surface area contributed by atoms with Crippen molar-refractivity contribution in [2.45, 2.75) is 0 Å². The third kappa shape index (κ3) is 1.96. The number of ether oxygens (including phenoxy) is 1. The monoisotopic (exact) mass is 236 g/mol. The van der Waals surface area contributed by atoms with Crippen LogP contribution in [0, 0.1) is 5.82 Å². The fourth-order valence-corrected chi connectivity index (χ4v) is 1.49. The molecule has 0 bridgehead atoms. The highest BCUT2D eigenvalue weighted by Crippen LogP contribution is 2.15. The number of hydrogen-bond donors (Lipinski definition) is 1. The molecule has 0 aliphatic heterocycles. The molecule has 0 aliphatic rings. The van der Waals surface area contributed by atoms with E-state index in [0.29, 0.717) is 0 Å². The van der Waals surface area contributed by atoms with Gasteiger partial charge in [0.25, 0.3) is 5.56 Å². The highest BCUT2D eigenvalue weighted by Gasteiger charge is 2.11. The Morgan fingerprint density at radius 1 is 1.29 bits per heavy atom. The summed E-state index contributed by atoms with van der Waals surface area (Å²) in [6.45, 7) is 0. The Kier molecular flexibility index (Phi) is 2.78. The van der Waals surface area contributed by atoms with Crippen molar-refractivity contribution in [2.24, 2.45) is 0 Å². The van der Waals surface area contributed by atoms with E-state index in [-0.39, 0.29) is 11.6 Å². The molecular formula is C11H9FN2O3. The van der Waals surface area contributed by atoms with E-state index in [1.807, 2.05) is 4.98 Å². The van der Waals surface area contributed by atoms with E-state index in [1.54, 1.807) is 6.07 Å². The predicted octanol–water partition coefficient (Wildman–Crippen LogP) is 0.673. The Bertz CT molecular complexity index is 660. The largest absolute Gasteiger partial charge is 0.482 e. The molecule has 0 saturated carbocycles. The van der Waals surface area contributed by atoms with Gasteiger partial charge in [-0.1, -0.05) is 12.1 Å². The van der Waals surface area contributed by atoms with Gasteiger partial charge in [-0.05, 0) is 12.1 Å². The number of hydrogen-bond acceptors (Lipinski definition) is 3. The number of nitrogens with one attached hydrogen (secondary N) is 1. The summed E-state index contributed by atoms with van der Waals surface area (Å²) >= 11 is 0. The highest BCUT2D eigenvalue weighted by molar-refractivity contribution is 5.36. The van der Waals surface area contributed by atoms with Crippen LogP contribution in [0.3, 0.4) is 0 Å². The molecule has 2 aromatic rings. The lowest BCUT2D eigenvalue weighted by Gasteiger charge is -2.10. The van der Waals surface area contributed by atoms with Crippen LogP contribution >= 0.6 is 0 Å². The summed E-state index contributed by atoms with van der Waals surface area (Å²) in [5.41, 5.74) is -1.33. The predicted molar refractivity (Wildman–Crippen MR) is 59.2 cm³/mol. The first-order valence-electron chi connectivity index (χ1n) is 4.79. The van der Waals surface area contributed by atoms with Crippen LogP contribution in [0.5, 0.6) is 5.88 Å². The lowest BCUT2D eigenvalue weighted by Crippen LogP contribution is -2.29. The number of rotatable bonds is 2. The molecule has 0 unspecified atom stereocenters. The van der Waals surface area contributed by atoms with Gasteiger partial charge in [0.1, 0.15) is 5.82 Å². The van der Waals surface area contributed by atoms with Crippen LogP contribution in [0.1, 0.15) is 0 Å². The molecule has 1 aromatic heterocycles. The van der Waals surface area contributed by atoms with Crippen LogP contribution in [-0.4, -0.2) is 16.7 Å². The smallest absolute Gasteiger partial charge is 0.335 e. The molecule has 1 N–H and O–H groups in total. The van der Waals surface area contributed by atoms with Crippen molar-refractivity contribution in [2.75, 3.05) is 7.11 Å². The number of methoxy groups -OCH3 is 1. The number of halogens is 1. The van der Waals surface area contributed by atoms with Gasteiger partial charge in [0.05, 0.1) is 18.9 Å². The Morgan fingerprint density at radius 2 is 2.00 bits per heavy atom. The maximum absolute atomic E-state index is 13.6. The number of para-hydroxylation sites is 1. The highest BCUT2D eigenvalue weighted by atomic mass is 19.1. The van der Waals surface area contributed by atoms with Crippen molar-refractivity contribution >= 4 is 0 Å². The Morgan fingerprint density at radius 3 is 2.65 bits per heavy atom. The van der Waals surface area contributed by atoms with Gasteiger partial charge >= 0.3 is 5.69 Å². The topological polar surface area (TPSA) is 64.1 Å². The van der Waals surface area contributed by atoms with Gasteiger partial charge in [0.2, 0.25) is 5.88 Å². The zero-order valence-electron chi connectivity index (χ0n) is 8.94. The molecule has 5 nitrogen and oxygen atoms in total. The van der Waals surface area contributed by atoms with E-state index in [1.165, 1.54) is 25.3 Å². The number of aromatic nitrogens is 2. The number of aromatic amines is 1. The van der Waals surface area contributed by atoms with E-state index >= 15 is 0 Å². The van der Waals surface area contributed by atoms with Gasteiger partial charge in [0.15, 0.2) is 0 Å². The molecule has 0 saturated heterocycles. The first-order chi connectivity index (χ1) is 8.13. The summed E-state index contributed by atoms with van der Waals surface area (Å²) in [5.74, 6) is -0.608. The van der Waals surface area contributed by atoms with E-state index in [4.69, 9.17) is 4.74 Å². The van der Waals surface area contributed by atoms with Gasteiger partial charge in [-0.2, -0.15) is 0 Å². The molecule has 0 fully saturated rings. The fourth-order valence-electron chi connectivity index (χ4n) is 1.49. The third-order valence-electron chi connectivity index (χ3n) is 2.21. The Labute approximate surface area is 95.1 Å². The second kappa shape index (κ2) is 4.25. The second-order valence-electron chi connectivity index (χ2n) is 3.27. The van der Waals surface area contributed by atoms with Crippen LogP contribution in [0.15, 0.2) is 39.9 Å². The van der Waals surface area contributed by atoms with Crippen LogP contribution in [-0.2, 0) is 0 Å². The maximum Gasteiger partial charge on any atom is 0.335 e. The van der Waals surface area contributed by atoms with E-state index < -0.39 is 17.1 Å². The molecule has 1 aromatic carbocycles. The van der Waals surface area contributed by atoms with E-state index in [2.05, 4.69) is 0 Å². The summed E-state index contributed by atoms with van der Waals surface area (Å²) in [4.78, 5) is 24.8.